The third-order valence-corrected chi connectivity index (χ3v) is 7.75. The van der Waals surface area contributed by atoms with Gasteiger partial charge in [-0.3, -0.25) is 33.8 Å². The van der Waals surface area contributed by atoms with Crippen molar-refractivity contribution in [2.75, 3.05) is 0 Å². The minimum absolute atomic E-state index is 0.00180. The number of amides is 2. The molecule has 2 saturated carbocycles. The number of phenolic OH excluding ortho intramolecular Hbond substituents is 1. The number of rotatable bonds is 4. The molecule has 37 heavy (non-hydrogen) atoms. The molecule has 0 aliphatic heterocycles. The summed E-state index contributed by atoms with van der Waals surface area (Å²) < 4.78 is 0. The molecule has 1 aromatic carbocycles. The van der Waals surface area contributed by atoms with Crippen LogP contribution in [-0.2, 0) is 32.1 Å². The van der Waals surface area contributed by atoms with Crippen molar-refractivity contribution < 1.29 is 39.0 Å². The second-order valence-corrected chi connectivity index (χ2v) is 9.76. The van der Waals surface area contributed by atoms with Gasteiger partial charge in [0, 0.05) is 31.3 Å². The van der Waals surface area contributed by atoms with Crippen LogP contribution in [0, 0.1) is 23.7 Å². The van der Waals surface area contributed by atoms with Gasteiger partial charge in [0.05, 0.1) is 17.0 Å². The summed E-state index contributed by atoms with van der Waals surface area (Å²) in [5.41, 5.74) is 3.71. The molecule has 11 heteroatoms. The van der Waals surface area contributed by atoms with E-state index in [9.17, 15) is 39.0 Å². The van der Waals surface area contributed by atoms with E-state index < -0.39 is 70.6 Å². The summed E-state index contributed by atoms with van der Waals surface area (Å²) in [4.78, 5) is 80.5. The molecule has 11 nitrogen and oxygen atoms in total. The number of primary amides is 1. The van der Waals surface area contributed by atoms with Crippen LogP contribution >= 0.6 is 0 Å². The number of carbonyl (C=O) groups is 6. The highest BCUT2D eigenvalue weighted by Crippen LogP contribution is 2.50. The lowest BCUT2D eigenvalue weighted by Crippen LogP contribution is -2.68. The lowest BCUT2D eigenvalue weighted by molar-refractivity contribution is -0.175. The number of nitrogens with one attached hydrogen (secondary N) is 1. The topological polar surface area (TPSA) is 194 Å². The molecule has 2 fully saturated rings. The van der Waals surface area contributed by atoms with Crippen molar-refractivity contribution in [3.05, 3.63) is 58.9 Å². The Morgan fingerprint density at radius 3 is 2.54 bits per heavy atom. The molecule has 0 bridgehead atoms. The van der Waals surface area contributed by atoms with Crippen molar-refractivity contribution >= 4 is 34.9 Å². The maximum absolute atomic E-state index is 13.5. The van der Waals surface area contributed by atoms with E-state index >= 15 is 0 Å². The molecule has 0 radical (unpaired) electrons. The van der Waals surface area contributed by atoms with Crippen LogP contribution in [0.3, 0.4) is 0 Å². The van der Waals surface area contributed by atoms with Crippen molar-refractivity contribution in [1.82, 2.24) is 10.3 Å². The van der Waals surface area contributed by atoms with E-state index in [1.165, 1.54) is 18.5 Å². The van der Waals surface area contributed by atoms with E-state index in [1.807, 2.05) is 0 Å². The summed E-state index contributed by atoms with van der Waals surface area (Å²) in [5, 5.41) is 24.5. The Labute approximate surface area is 210 Å². The van der Waals surface area contributed by atoms with Gasteiger partial charge < -0.3 is 21.3 Å². The first-order valence-electron chi connectivity index (χ1n) is 11.7. The molecule has 5 N–H and O–H groups in total. The minimum Gasteiger partial charge on any atom is -0.507 e. The zero-order chi connectivity index (χ0) is 26.6. The Kier molecular flexibility index (Phi) is 5.75. The van der Waals surface area contributed by atoms with Gasteiger partial charge in [-0.2, -0.15) is 0 Å². The molecular formula is C26H23N3O8. The molecule has 3 aliphatic rings. The summed E-state index contributed by atoms with van der Waals surface area (Å²) in [6, 6.07) is 6.05. The van der Waals surface area contributed by atoms with Gasteiger partial charge >= 0.3 is 0 Å². The highest BCUT2D eigenvalue weighted by Gasteiger charge is 2.66. The number of benzene rings is 1. The average Bonchev–Trinajstić information content (AvgIpc) is 2.86. The predicted molar refractivity (Wildman–Crippen MR) is 124 cm³/mol. The van der Waals surface area contributed by atoms with E-state index in [2.05, 4.69) is 10.3 Å². The molecule has 0 saturated heterocycles. The van der Waals surface area contributed by atoms with Gasteiger partial charge in [-0.15, -0.1) is 0 Å². The second kappa shape index (κ2) is 8.70. The van der Waals surface area contributed by atoms with Crippen LogP contribution < -0.4 is 11.1 Å². The molecular weight excluding hydrogens is 482 g/mol. The van der Waals surface area contributed by atoms with Gasteiger partial charge in [0.15, 0.2) is 34.7 Å². The van der Waals surface area contributed by atoms with E-state index in [1.54, 1.807) is 18.2 Å². The van der Waals surface area contributed by atoms with Crippen LogP contribution in [0.25, 0.3) is 0 Å². The summed E-state index contributed by atoms with van der Waals surface area (Å²) in [7, 11) is 0. The zero-order valence-corrected chi connectivity index (χ0v) is 19.5. The fourth-order valence-corrected chi connectivity index (χ4v) is 5.97. The molecule has 2 unspecified atom stereocenters. The van der Waals surface area contributed by atoms with Crippen LogP contribution in [0.1, 0.15) is 44.7 Å². The molecule has 1 heterocycles. The monoisotopic (exact) mass is 505 g/mol. The quantitative estimate of drug-likeness (QED) is 0.402. The average molecular weight is 505 g/mol. The van der Waals surface area contributed by atoms with Crippen molar-refractivity contribution in [2.24, 2.45) is 29.4 Å². The third-order valence-electron chi connectivity index (χ3n) is 7.75. The molecule has 190 valence electrons. The van der Waals surface area contributed by atoms with Gasteiger partial charge in [-0.05, 0) is 48.1 Å². The van der Waals surface area contributed by atoms with Crippen molar-refractivity contribution in [1.29, 1.82) is 0 Å². The normalized spacial score (nSPS) is 28.7. The number of aromatic hydroxyl groups is 1. The van der Waals surface area contributed by atoms with E-state index in [0.29, 0.717) is 16.7 Å². The number of pyridine rings is 1. The number of nitrogens with zero attached hydrogens (tertiary/aromatic N) is 1. The summed E-state index contributed by atoms with van der Waals surface area (Å²) >= 11 is 0. The Balaban J connectivity index is 1.48. The number of nitrogens with two attached hydrogens (primary N) is 1. The highest BCUT2D eigenvalue weighted by atomic mass is 16.3. The van der Waals surface area contributed by atoms with Gasteiger partial charge in [0.25, 0.3) is 5.91 Å². The fourth-order valence-electron chi connectivity index (χ4n) is 5.97. The first kappa shape index (κ1) is 24.4. The summed E-state index contributed by atoms with van der Waals surface area (Å²) in [6.07, 6.45) is 2.67. The highest BCUT2D eigenvalue weighted by molar-refractivity contribution is 6.31. The number of ketones is 4. The first-order valence-corrected chi connectivity index (χ1v) is 11.7. The van der Waals surface area contributed by atoms with Crippen LogP contribution in [0.2, 0.25) is 0 Å². The number of hydrogen-bond acceptors (Lipinski definition) is 9. The molecule has 3 aliphatic carbocycles. The van der Waals surface area contributed by atoms with Crippen molar-refractivity contribution in [3.8, 4) is 5.75 Å². The van der Waals surface area contributed by atoms with E-state index in [-0.39, 0.29) is 30.7 Å². The summed E-state index contributed by atoms with van der Waals surface area (Å²) in [5.74, 6) is -11.1. The molecule has 2 amide bonds. The van der Waals surface area contributed by atoms with Crippen LogP contribution in [0.5, 0.6) is 5.75 Å². The van der Waals surface area contributed by atoms with Crippen LogP contribution in [0.15, 0.2) is 36.7 Å². The zero-order valence-electron chi connectivity index (χ0n) is 19.5. The minimum atomic E-state index is -2.69. The van der Waals surface area contributed by atoms with E-state index in [4.69, 9.17) is 5.73 Å². The van der Waals surface area contributed by atoms with Gasteiger partial charge in [-0.25, -0.2) is 0 Å². The SMILES string of the molecule is NC(=O)C1C(=O)C[C@@H]2C[C@@H]3Cc4c(CNC(=O)c5cccnc5)ccc(O)c4C(=O)C3C(=O)[C@]2(O)C1=O. The number of phenols is 1. The number of aliphatic hydroxyl groups is 1. The standard InChI is InChI=1S/C26H23N3O8/c27-24(35)20-17(31)8-14-6-13-7-15-11(10-29-25(36)12-2-1-5-28-9-12)3-4-16(30)19(15)21(32)18(13)22(33)26(14,37)23(20)34/h1-5,9,13-14,18,20,30,37H,6-8,10H2,(H2,27,35)(H,29,36)/t13-,14+,18?,20?,26+/m1/s1. The smallest absolute Gasteiger partial charge is 0.253 e. The molecule has 0 spiro atoms. The lowest BCUT2D eigenvalue weighted by Gasteiger charge is -2.48. The molecule has 2 aromatic rings. The largest absolute Gasteiger partial charge is 0.507 e. The first-order chi connectivity index (χ1) is 17.6. The number of aromatic nitrogens is 1. The maximum Gasteiger partial charge on any atom is 0.253 e. The number of fused-ring (bicyclic) bond motifs is 3. The maximum atomic E-state index is 13.5. The summed E-state index contributed by atoms with van der Waals surface area (Å²) in [6.45, 7) is 0.0274. The third kappa shape index (κ3) is 3.65. The molecule has 5 atom stereocenters. The Morgan fingerprint density at radius 1 is 1.11 bits per heavy atom. The number of Topliss-reactive ketones (excluding diaryl/α,β-unsaturated/α-hetero) is 4. The Hall–Kier alpha value is -4.25. The lowest BCUT2D eigenvalue weighted by atomic mass is 9.53. The van der Waals surface area contributed by atoms with Crippen LogP contribution in [0.4, 0.5) is 0 Å². The van der Waals surface area contributed by atoms with Gasteiger partial charge in [0.2, 0.25) is 5.91 Å². The predicted octanol–water partition coefficient (Wildman–Crippen LogP) is -0.348. The van der Waals surface area contributed by atoms with Gasteiger partial charge in [-0.1, -0.05) is 6.07 Å². The number of carbonyl (C=O) groups excluding carboxylic acids is 6. The van der Waals surface area contributed by atoms with E-state index in [0.717, 1.165) is 0 Å². The molecule has 1 aromatic heterocycles. The van der Waals surface area contributed by atoms with Gasteiger partial charge in [0.1, 0.15) is 5.75 Å². The van der Waals surface area contributed by atoms with Crippen LogP contribution in [-0.4, -0.2) is 55.7 Å². The Bertz CT molecular complexity index is 1390. The second-order valence-electron chi connectivity index (χ2n) is 9.76. The van der Waals surface area contributed by atoms with Crippen molar-refractivity contribution in [3.63, 3.8) is 0 Å². The number of hydrogen-bond donors (Lipinski definition) is 4. The Morgan fingerprint density at radius 2 is 1.86 bits per heavy atom. The van der Waals surface area contributed by atoms with Crippen molar-refractivity contribution in [2.45, 2.75) is 31.4 Å². The fraction of sp³-hybridized carbons (Fsp3) is 0.346. The molecule has 5 rings (SSSR count).